The van der Waals surface area contributed by atoms with Gasteiger partial charge in [-0.3, -0.25) is 14.2 Å². The van der Waals surface area contributed by atoms with Gasteiger partial charge in [-0.1, -0.05) is 0 Å². The molecule has 0 atom stereocenters. The molecule has 0 bridgehead atoms. The Morgan fingerprint density at radius 3 is 2.81 bits per heavy atom. The number of rotatable bonds is 6. The van der Waals surface area contributed by atoms with Crippen molar-refractivity contribution in [1.29, 1.82) is 0 Å². The second-order valence-corrected chi connectivity index (χ2v) is 7.50. The van der Waals surface area contributed by atoms with Crippen molar-refractivity contribution >= 4 is 28.9 Å². The van der Waals surface area contributed by atoms with Gasteiger partial charge < -0.3 is 16.0 Å². The first-order valence-corrected chi connectivity index (χ1v) is 10.2. The number of pyridine rings is 1. The van der Waals surface area contributed by atoms with Crippen molar-refractivity contribution in [2.75, 3.05) is 17.7 Å². The van der Waals surface area contributed by atoms with Crippen LogP contribution in [0.25, 0.3) is 11.5 Å². The van der Waals surface area contributed by atoms with Crippen LogP contribution in [0.15, 0.2) is 47.7 Å². The van der Waals surface area contributed by atoms with Gasteiger partial charge in [-0.05, 0) is 38.0 Å². The van der Waals surface area contributed by atoms with Crippen molar-refractivity contribution in [3.05, 3.63) is 64.6 Å². The lowest BCUT2D eigenvalue weighted by Gasteiger charge is -2.11. The number of amides is 1. The molecule has 1 aliphatic rings. The zero-order valence-electron chi connectivity index (χ0n) is 17.5. The molecule has 0 radical (unpaired) electrons. The maximum Gasteiger partial charge on any atom is 0.279 e. The van der Waals surface area contributed by atoms with Gasteiger partial charge in [-0.2, -0.15) is 9.61 Å². The average molecular weight is 431 g/mol. The Hall–Kier alpha value is -4.28. The standard InChI is InChI=1S/C21H21N9O2/c1-12-23-8-7-17(25-12)29-9-3-4-15(21(29)32)27-16-10-18(22-2)30-19(28-16)14(11-24-30)20(31)26-13-5-6-13/h3-4,7-11,13,22H,5-6H2,1-2H3,(H,26,31)(H,27,28). The summed E-state index contributed by atoms with van der Waals surface area (Å²) in [7, 11) is 1.75. The van der Waals surface area contributed by atoms with Gasteiger partial charge in [0.1, 0.15) is 34.5 Å². The monoisotopic (exact) mass is 431 g/mol. The molecule has 11 nitrogen and oxygen atoms in total. The summed E-state index contributed by atoms with van der Waals surface area (Å²) < 4.78 is 2.99. The Bertz CT molecular complexity index is 1390. The maximum atomic E-state index is 13.1. The molecule has 32 heavy (non-hydrogen) atoms. The van der Waals surface area contributed by atoms with Crippen molar-refractivity contribution < 1.29 is 4.79 Å². The molecule has 1 fully saturated rings. The minimum atomic E-state index is -0.293. The third kappa shape index (κ3) is 3.64. The zero-order valence-corrected chi connectivity index (χ0v) is 17.5. The Labute approximate surface area is 182 Å². The molecule has 0 spiro atoms. The molecule has 4 heterocycles. The fourth-order valence-electron chi connectivity index (χ4n) is 3.34. The predicted molar refractivity (Wildman–Crippen MR) is 119 cm³/mol. The molecular weight excluding hydrogens is 410 g/mol. The minimum absolute atomic E-state index is 0.213. The number of nitrogens with zero attached hydrogens (tertiary/aromatic N) is 6. The number of aryl methyl sites for hydroxylation is 1. The summed E-state index contributed by atoms with van der Waals surface area (Å²) in [6, 6.07) is 7.00. The Morgan fingerprint density at radius 1 is 1.22 bits per heavy atom. The summed E-state index contributed by atoms with van der Waals surface area (Å²) >= 11 is 0. The number of anilines is 3. The minimum Gasteiger partial charge on any atom is -0.373 e. The summed E-state index contributed by atoms with van der Waals surface area (Å²) in [6.07, 6.45) is 6.71. The summed E-state index contributed by atoms with van der Waals surface area (Å²) in [5.41, 5.74) is 0.781. The number of carbonyl (C=O) groups is 1. The summed E-state index contributed by atoms with van der Waals surface area (Å²) in [6.45, 7) is 1.76. The van der Waals surface area contributed by atoms with E-state index in [0.717, 1.165) is 12.8 Å². The van der Waals surface area contributed by atoms with Gasteiger partial charge in [0.2, 0.25) is 0 Å². The first-order valence-electron chi connectivity index (χ1n) is 10.2. The molecule has 1 amide bonds. The molecule has 162 valence electrons. The van der Waals surface area contributed by atoms with Gasteiger partial charge in [-0.25, -0.2) is 15.0 Å². The molecule has 5 rings (SSSR count). The maximum absolute atomic E-state index is 13.1. The van der Waals surface area contributed by atoms with Crippen molar-refractivity contribution in [3.63, 3.8) is 0 Å². The second kappa shape index (κ2) is 7.76. The van der Waals surface area contributed by atoms with Crippen LogP contribution in [0.3, 0.4) is 0 Å². The molecule has 0 unspecified atom stereocenters. The van der Waals surface area contributed by atoms with Gasteiger partial charge in [0.05, 0.1) is 6.20 Å². The second-order valence-electron chi connectivity index (χ2n) is 7.50. The lowest BCUT2D eigenvalue weighted by Crippen LogP contribution is -2.25. The van der Waals surface area contributed by atoms with E-state index >= 15 is 0 Å². The lowest BCUT2D eigenvalue weighted by atomic mass is 10.3. The van der Waals surface area contributed by atoms with Crippen LogP contribution >= 0.6 is 0 Å². The van der Waals surface area contributed by atoms with Crippen LogP contribution in [-0.2, 0) is 0 Å². The van der Waals surface area contributed by atoms with Gasteiger partial charge in [0.25, 0.3) is 11.5 Å². The molecular formula is C21H21N9O2. The van der Waals surface area contributed by atoms with Crippen LogP contribution in [-0.4, -0.2) is 48.1 Å². The topological polar surface area (TPSA) is 131 Å². The van der Waals surface area contributed by atoms with E-state index in [1.165, 1.54) is 10.8 Å². The fourth-order valence-corrected chi connectivity index (χ4v) is 3.34. The van der Waals surface area contributed by atoms with Crippen LogP contribution < -0.4 is 21.5 Å². The lowest BCUT2D eigenvalue weighted by molar-refractivity contribution is 0.0952. The van der Waals surface area contributed by atoms with E-state index in [2.05, 4.69) is 36.0 Å². The van der Waals surface area contributed by atoms with E-state index in [-0.39, 0.29) is 17.5 Å². The van der Waals surface area contributed by atoms with Crippen LogP contribution in [0.1, 0.15) is 29.0 Å². The Kier molecular flexibility index (Phi) is 4.77. The predicted octanol–water partition coefficient (Wildman–Crippen LogP) is 1.66. The van der Waals surface area contributed by atoms with Crippen molar-refractivity contribution in [2.45, 2.75) is 25.8 Å². The van der Waals surface area contributed by atoms with Crippen molar-refractivity contribution in [3.8, 4) is 5.82 Å². The molecule has 0 aliphatic heterocycles. The van der Waals surface area contributed by atoms with Crippen molar-refractivity contribution in [2.24, 2.45) is 0 Å². The number of hydrogen-bond donors (Lipinski definition) is 3. The fraction of sp³-hybridized carbons (Fsp3) is 0.238. The third-order valence-corrected chi connectivity index (χ3v) is 5.10. The molecule has 1 aliphatic carbocycles. The van der Waals surface area contributed by atoms with E-state index in [0.29, 0.717) is 40.2 Å². The van der Waals surface area contributed by atoms with Gasteiger partial charge in [-0.15, -0.1) is 0 Å². The molecule has 11 heteroatoms. The van der Waals surface area contributed by atoms with Crippen LogP contribution in [0.4, 0.5) is 17.3 Å². The highest BCUT2D eigenvalue weighted by Crippen LogP contribution is 2.23. The highest BCUT2D eigenvalue weighted by atomic mass is 16.2. The summed E-state index contributed by atoms with van der Waals surface area (Å²) in [5.74, 6) is 1.84. The van der Waals surface area contributed by atoms with E-state index in [9.17, 15) is 9.59 Å². The van der Waals surface area contributed by atoms with Crippen LogP contribution in [0.5, 0.6) is 0 Å². The zero-order chi connectivity index (χ0) is 22.2. The quantitative estimate of drug-likeness (QED) is 0.420. The first-order chi connectivity index (χ1) is 15.5. The average Bonchev–Trinajstić information content (AvgIpc) is 3.49. The molecule has 4 aromatic heterocycles. The van der Waals surface area contributed by atoms with Crippen molar-refractivity contribution in [1.82, 2.24) is 34.4 Å². The van der Waals surface area contributed by atoms with Crippen LogP contribution in [0.2, 0.25) is 0 Å². The molecule has 3 N–H and O–H groups in total. The Morgan fingerprint density at radius 2 is 2.06 bits per heavy atom. The SMILES string of the molecule is CNc1cc(Nc2cccn(-c3ccnc(C)n3)c2=O)nc2c(C(=O)NC3CC3)cnn12. The van der Waals surface area contributed by atoms with E-state index in [1.807, 2.05) is 0 Å². The molecule has 0 aromatic carbocycles. The van der Waals surface area contributed by atoms with E-state index < -0.39 is 0 Å². The van der Waals surface area contributed by atoms with Crippen LogP contribution in [0, 0.1) is 6.92 Å². The number of aromatic nitrogens is 6. The highest BCUT2D eigenvalue weighted by Gasteiger charge is 2.26. The number of hydrogen-bond acceptors (Lipinski definition) is 8. The van der Waals surface area contributed by atoms with Gasteiger partial charge in [0.15, 0.2) is 5.65 Å². The number of carbonyl (C=O) groups excluding carboxylic acids is 1. The van der Waals surface area contributed by atoms with Gasteiger partial charge in [0, 0.05) is 31.5 Å². The first kappa shape index (κ1) is 19.7. The summed E-state index contributed by atoms with van der Waals surface area (Å²) in [4.78, 5) is 38.6. The van der Waals surface area contributed by atoms with Gasteiger partial charge >= 0.3 is 0 Å². The van der Waals surface area contributed by atoms with E-state index in [4.69, 9.17) is 0 Å². The molecule has 0 saturated heterocycles. The van der Waals surface area contributed by atoms with E-state index in [1.54, 1.807) is 55.1 Å². The largest absolute Gasteiger partial charge is 0.373 e. The molecule has 1 saturated carbocycles. The number of nitrogens with one attached hydrogen (secondary N) is 3. The molecule has 4 aromatic rings. The third-order valence-electron chi connectivity index (χ3n) is 5.10. The number of fused-ring (bicyclic) bond motifs is 1. The smallest absolute Gasteiger partial charge is 0.279 e. The normalized spacial score (nSPS) is 13.2. The Balaban J connectivity index is 1.53. The highest BCUT2D eigenvalue weighted by molar-refractivity contribution is 6.00. The summed E-state index contributed by atoms with van der Waals surface area (Å²) in [5, 5.41) is 13.4.